The van der Waals surface area contributed by atoms with Crippen molar-refractivity contribution in [1.29, 1.82) is 0 Å². The highest BCUT2D eigenvalue weighted by atomic mass is 16.4. The number of carboxylic acid groups (broad SMARTS) is 1. The molecule has 0 aliphatic rings. The zero-order valence-electron chi connectivity index (χ0n) is 7.34. The lowest BCUT2D eigenvalue weighted by Crippen LogP contribution is -2.33. The molecule has 0 aliphatic carbocycles. The Kier molecular flexibility index (Phi) is 2.97. The molecule has 72 valence electrons. The van der Waals surface area contributed by atoms with Gasteiger partial charge < -0.3 is 10.8 Å². The van der Waals surface area contributed by atoms with E-state index < -0.39 is 12.0 Å². The number of nitrogens with zero attached hydrogens (tertiary/aromatic N) is 3. The van der Waals surface area contributed by atoms with Crippen molar-refractivity contribution in [3.8, 4) is 0 Å². The highest BCUT2D eigenvalue weighted by Crippen LogP contribution is 1.97. The molecule has 1 unspecified atom stereocenters. The molecule has 13 heavy (non-hydrogen) atoms. The van der Waals surface area contributed by atoms with Crippen molar-refractivity contribution in [2.45, 2.75) is 25.9 Å². The lowest BCUT2D eigenvalue weighted by Gasteiger charge is -2.05. The van der Waals surface area contributed by atoms with Gasteiger partial charge in [0.2, 0.25) is 0 Å². The van der Waals surface area contributed by atoms with E-state index in [2.05, 4.69) is 10.1 Å². The summed E-state index contributed by atoms with van der Waals surface area (Å²) in [6, 6.07) is -0.908. The van der Waals surface area contributed by atoms with Crippen LogP contribution < -0.4 is 5.73 Å². The molecule has 0 radical (unpaired) electrons. The van der Waals surface area contributed by atoms with Gasteiger partial charge in [-0.05, 0) is 6.92 Å². The summed E-state index contributed by atoms with van der Waals surface area (Å²) in [6.07, 6.45) is 1.61. The third-order valence-corrected chi connectivity index (χ3v) is 1.71. The largest absolute Gasteiger partial charge is 0.480 e. The van der Waals surface area contributed by atoms with Crippen LogP contribution in [0.5, 0.6) is 0 Å². The van der Waals surface area contributed by atoms with Crippen LogP contribution in [0.3, 0.4) is 0 Å². The fourth-order valence-electron chi connectivity index (χ4n) is 0.994. The SMILES string of the molecule is CCn1ncnc1CC(N)C(=O)O. The zero-order chi connectivity index (χ0) is 9.84. The maximum Gasteiger partial charge on any atom is 0.320 e. The van der Waals surface area contributed by atoms with Crippen LogP contribution in [-0.4, -0.2) is 31.9 Å². The molecule has 0 bridgehead atoms. The Morgan fingerprint density at radius 3 is 3.08 bits per heavy atom. The molecule has 0 aromatic carbocycles. The normalized spacial score (nSPS) is 12.8. The monoisotopic (exact) mass is 184 g/mol. The fraction of sp³-hybridized carbons (Fsp3) is 0.571. The molecule has 0 fully saturated rings. The first-order chi connectivity index (χ1) is 6.15. The molecular formula is C7H12N4O2. The van der Waals surface area contributed by atoms with Crippen molar-refractivity contribution in [2.24, 2.45) is 5.73 Å². The predicted octanol–water partition coefficient (Wildman–Crippen LogP) is -0.748. The zero-order valence-corrected chi connectivity index (χ0v) is 7.34. The summed E-state index contributed by atoms with van der Waals surface area (Å²) in [5.74, 6) is -0.414. The summed E-state index contributed by atoms with van der Waals surface area (Å²) >= 11 is 0. The van der Waals surface area contributed by atoms with Gasteiger partial charge in [0.1, 0.15) is 18.2 Å². The molecule has 0 spiro atoms. The van der Waals surface area contributed by atoms with Gasteiger partial charge in [0, 0.05) is 13.0 Å². The van der Waals surface area contributed by atoms with Crippen LogP contribution in [0.15, 0.2) is 6.33 Å². The molecule has 1 heterocycles. The van der Waals surface area contributed by atoms with Crippen LogP contribution in [-0.2, 0) is 17.8 Å². The first kappa shape index (κ1) is 9.66. The first-order valence-corrected chi connectivity index (χ1v) is 4.00. The molecule has 1 aromatic heterocycles. The third-order valence-electron chi connectivity index (χ3n) is 1.71. The molecule has 0 aliphatic heterocycles. The number of aliphatic carboxylic acids is 1. The Labute approximate surface area is 75.4 Å². The van der Waals surface area contributed by atoms with E-state index in [0.29, 0.717) is 12.4 Å². The molecule has 6 nitrogen and oxygen atoms in total. The van der Waals surface area contributed by atoms with Crippen LogP contribution in [0.4, 0.5) is 0 Å². The summed E-state index contributed by atoms with van der Waals surface area (Å²) in [6.45, 7) is 2.58. The van der Waals surface area contributed by atoms with E-state index in [1.807, 2.05) is 6.92 Å². The Bertz CT molecular complexity index is 296. The number of hydrogen-bond donors (Lipinski definition) is 2. The maximum atomic E-state index is 10.4. The number of aryl methyl sites for hydroxylation is 1. The molecule has 1 aromatic rings. The highest BCUT2D eigenvalue weighted by molar-refractivity contribution is 5.73. The molecule has 1 rings (SSSR count). The smallest absolute Gasteiger partial charge is 0.320 e. The second-order valence-corrected chi connectivity index (χ2v) is 2.64. The molecule has 1 atom stereocenters. The predicted molar refractivity (Wildman–Crippen MR) is 45.0 cm³/mol. The summed E-state index contributed by atoms with van der Waals surface area (Å²) < 4.78 is 1.63. The quantitative estimate of drug-likeness (QED) is 0.642. The average molecular weight is 184 g/mol. The standard InChI is InChI=1S/C7H12N4O2/c1-2-11-6(9-4-10-11)3-5(8)7(12)13/h4-5H,2-3,8H2,1H3,(H,12,13). The van der Waals surface area contributed by atoms with E-state index in [4.69, 9.17) is 10.8 Å². The van der Waals surface area contributed by atoms with E-state index >= 15 is 0 Å². The summed E-state index contributed by atoms with van der Waals surface area (Å²) in [5, 5.41) is 12.5. The van der Waals surface area contributed by atoms with Crippen molar-refractivity contribution in [3.63, 3.8) is 0 Å². The molecule has 3 N–H and O–H groups in total. The van der Waals surface area contributed by atoms with E-state index in [1.54, 1.807) is 4.68 Å². The maximum absolute atomic E-state index is 10.4. The Balaban J connectivity index is 2.68. The van der Waals surface area contributed by atoms with Crippen molar-refractivity contribution in [3.05, 3.63) is 12.2 Å². The topological polar surface area (TPSA) is 94.0 Å². The minimum atomic E-state index is -1.02. The van der Waals surface area contributed by atoms with E-state index in [1.165, 1.54) is 6.33 Å². The van der Waals surface area contributed by atoms with Gasteiger partial charge in [-0.1, -0.05) is 0 Å². The van der Waals surface area contributed by atoms with Crippen LogP contribution in [0, 0.1) is 0 Å². The summed E-state index contributed by atoms with van der Waals surface area (Å²) in [5.41, 5.74) is 5.35. The van der Waals surface area contributed by atoms with Gasteiger partial charge in [0.15, 0.2) is 0 Å². The van der Waals surface area contributed by atoms with Crippen molar-refractivity contribution in [1.82, 2.24) is 14.8 Å². The molecule has 0 saturated heterocycles. The van der Waals surface area contributed by atoms with Gasteiger partial charge in [0.25, 0.3) is 0 Å². The fourth-order valence-corrected chi connectivity index (χ4v) is 0.994. The molecule has 0 amide bonds. The second-order valence-electron chi connectivity index (χ2n) is 2.64. The van der Waals surface area contributed by atoms with Crippen molar-refractivity contribution in [2.75, 3.05) is 0 Å². The average Bonchev–Trinajstić information content (AvgIpc) is 2.51. The Morgan fingerprint density at radius 1 is 1.85 bits per heavy atom. The lowest BCUT2D eigenvalue weighted by atomic mass is 10.2. The van der Waals surface area contributed by atoms with Crippen LogP contribution in [0.25, 0.3) is 0 Å². The third kappa shape index (κ3) is 2.25. The Morgan fingerprint density at radius 2 is 2.54 bits per heavy atom. The van der Waals surface area contributed by atoms with Gasteiger partial charge in [-0.3, -0.25) is 9.48 Å². The molecule has 6 heteroatoms. The number of carboxylic acids is 1. The number of aromatic nitrogens is 3. The molecular weight excluding hydrogens is 172 g/mol. The van der Waals surface area contributed by atoms with Gasteiger partial charge in [-0.2, -0.15) is 5.10 Å². The van der Waals surface area contributed by atoms with E-state index in [-0.39, 0.29) is 6.42 Å². The van der Waals surface area contributed by atoms with Crippen LogP contribution >= 0.6 is 0 Å². The first-order valence-electron chi connectivity index (χ1n) is 4.00. The highest BCUT2D eigenvalue weighted by Gasteiger charge is 2.15. The summed E-state index contributed by atoms with van der Waals surface area (Å²) in [7, 11) is 0. The van der Waals surface area contributed by atoms with E-state index in [9.17, 15) is 4.79 Å². The Hall–Kier alpha value is -1.43. The molecule has 0 saturated carbocycles. The van der Waals surface area contributed by atoms with Crippen LogP contribution in [0.1, 0.15) is 12.7 Å². The second kappa shape index (κ2) is 3.99. The lowest BCUT2D eigenvalue weighted by molar-refractivity contribution is -0.138. The minimum Gasteiger partial charge on any atom is -0.480 e. The van der Waals surface area contributed by atoms with Gasteiger partial charge in [-0.15, -0.1) is 0 Å². The van der Waals surface area contributed by atoms with Gasteiger partial charge in [-0.25, -0.2) is 4.98 Å². The minimum absolute atomic E-state index is 0.211. The summed E-state index contributed by atoms with van der Waals surface area (Å²) in [4.78, 5) is 14.4. The number of hydrogen-bond acceptors (Lipinski definition) is 4. The van der Waals surface area contributed by atoms with Crippen molar-refractivity contribution < 1.29 is 9.90 Å². The van der Waals surface area contributed by atoms with Crippen molar-refractivity contribution >= 4 is 5.97 Å². The number of nitrogens with two attached hydrogens (primary N) is 1. The number of rotatable bonds is 4. The number of carbonyl (C=O) groups is 1. The van der Waals surface area contributed by atoms with Gasteiger partial charge >= 0.3 is 5.97 Å². The van der Waals surface area contributed by atoms with Crippen LogP contribution in [0.2, 0.25) is 0 Å². The van der Waals surface area contributed by atoms with E-state index in [0.717, 1.165) is 0 Å². The van der Waals surface area contributed by atoms with Gasteiger partial charge in [0.05, 0.1) is 0 Å².